The molecule has 4 rings (SSSR count). The molecule has 0 saturated carbocycles. The van der Waals surface area contributed by atoms with E-state index in [0.29, 0.717) is 22.9 Å². The van der Waals surface area contributed by atoms with Crippen LogP contribution in [-0.4, -0.2) is 40.5 Å². The Hall–Kier alpha value is -2.09. The van der Waals surface area contributed by atoms with Gasteiger partial charge in [-0.05, 0) is 56.3 Å². The van der Waals surface area contributed by atoms with Gasteiger partial charge in [0.15, 0.2) is 0 Å². The molecule has 1 aliphatic rings. The first-order chi connectivity index (χ1) is 13.8. The van der Waals surface area contributed by atoms with Gasteiger partial charge in [-0.15, -0.1) is 0 Å². The van der Waals surface area contributed by atoms with Crippen LogP contribution < -0.4 is 5.32 Å². The first-order valence-corrected chi connectivity index (χ1v) is 9.98. The molecule has 8 heteroatoms. The number of benzene rings is 1. The Morgan fingerprint density at radius 2 is 1.97 bits per heavy atom. The lowest BCUT2D eigenvalue weighted by atomic mass is 10.1. The van der Waals surface area contributed by atoms with E-state index < -0.39 is 11.7 Å². The summed E-state index contributed by atoms with van der Waals surface area (Å²) in [6.07, 6.45) is -2.25. The van der Waals surface area contributed by atoms with Crippen LogP contribution in [0.5, 0.6) is 0 Å². The van der Waals surface area contributed by atoms with Gasteiger partial charge < -0.3 is 9.72 Å². The summed E-state index contributed by atoms with van der Waals surface area (Å²) in [5.41, 5.74) is 3.04. The number of nitrogens with one attached hydrogen (secondary N) is 1. The van der Waals surface area contributed by atoms with Crippen LogP contribution in [0.15, 0.2) is 36.5 Å². The molecule has 3 aromatic rings. The van der Waals surface area contributed by atoms with Gasteiger partial charge in [-0.25, -0.2) is 4.98 Å². The number of alkyl halides is 3. The van der Waals surface area contributed by atoms with Crippen LogP contribution in [0.25, 0.3) is 16.9 Å². The molecule has 1 aliphatic heterocycles. The second-order valence-corrected chi connectivity index (χ2v) is 7.80. The summed E-state index contributed by atoms with van der Waals surface area (Å²) in [6, 6.07) is 8.12. The highest BCUT2D eigenvalue weighted by Crippen LogP contribution is 2.33. The Labute approximate surface area is 172 Å². The number of halogens is 4. The summed E-state index contributed by atoms with van der Waals surface area (Å²) >= 11 is 6.17. The number of aryl methyl sites for hydroxylation is 1. The smallest absolute Gasteiger partial charge is 0.315 e. The third kappa shape index (κ3) is 4.27. The summed E-state index contributed by atoms with van der Waals surface area (Å²) in [6.45, 7) is 5.97. The van der Waals surface area contributed by atoms with Crippen molar-refractivity contribution in [2.45, 2.75) is 26.1 Å². The summed E-state index contributed by atoms with van der Waals surface area (Å²) in [7, 11) is 0. The summed E-state index contributed by atoms with van der Waals surface area (Å²) in [4.78, 5) is 6.94. The highest BCUT2D eigenvalue weighted by molar-refractivity contribution is 6.31. The van der Waals surface area contributed by atoms with E-state index in [2.05, 4.69) is 15.2 Å². The number of imidazole rings is 1. The van der Waals surface area contributed by atoms with Gasteiger partial charge in [0.25, 0.3) is 0 Å². The molecule has 0 atom stereocenters. The SMILES string of the molecule is Cc1cc(-c2nc3ccc(C(F)(F)F)cn3c2CN2CCCNCC2)ccc1Cl. The van der Waals surface area contributed by atoms with Crippen molar-refractivity contribution in [2.75, 3.05) is 26.2 Å². The topological polar surface area (TPSA) is 32.6 Å². The van der Waals surface area contributed by atoms with E-state index in [0.717, 1.165) is 61.7 Å². The average Bonchev–Trinajstić information content (AvgIpc) is 2.84. The van der Waals surface area contributed by atoms with Crippen LogP contribution in [-0.2, 0) is 12.7 Å². The van der Waals surface area contributed by atoms with E-state index >= 15 is 0 Å². The molecule has 1 N–H and O–H groups in total. The predicted molar refractivity (Wildman–Crippen MR) is 108 cm³/mol. The highest BCUT2D eigenvalue weighted by atomic mass is 35.5. The number of fused-ring (bicyclic) bond motifs is 1. The number of pyridine rings is 1. The third-order valence-corrected chi connectivity index (χ3v) is 5.71. The Bertz CT molecular complexity index is 1020. The fourth-order valence-electron chi connectivity index (χ4n) is 3.71. The van der Waals surface area contributed by atoms with Crippen molar-refractivity contribution in [3.8, 4) is 11.3 Å². The zero-order valence-corrected chi connectivity index (χ0v) is 16.8. The molecule has 0 amide bonds. The molecule has 1 aromatic carbocycles. The maximum absolute atomic E-state index is 13.3. The van der Waals surface area contributed by atoms with Crippen LogP contribution in [0, 0.1) is 6.92 Å². The van der Waals surface area contributed by atoms with E-state index in [1.165, 1.54) is 6.07 Å². The molecule has 0 aliphatic carbocycles. The number of rotatable bonds is 3. The van der Waals surface area contributed by atoms with Gasteiger partial charge in [0.1, 0.15) is 5.65 Å². The summed E-state index contributed by atoms with van der Waals surface area (Å²) in [5.74, 6) is 0. The van der Waals surface area contributed by atoms with E-state index in [-0.39, 0.29) is 0 Å². The molecule has 1 fully saturated rings. The summed E-state index contributed by atoms with van der Waals surface area (Å²) in [5, 5.41) is 4.01. The quantitative estimate of drug-likeness (QED) is 0.659. The predicted octanol–water partition coefficient (Wildman–Crippen LogP) is 4.78. The number of hydrogen-bond donors (Lipinski definition) is 1. The van der Waals surface area contributed by atoms with Gasteiger partial charge in [0.05, 0.1) is 17.0 Å². The van der Waals surface area contributed by atoms with Crippen LogP contribution in [0.3, 0.4) is 0 Å². The molecule has 0 spiro atoms. The molecule has 0 bridgehead atoms. The molecule has 3 heterocycles. The van der Waals surface area contributed by atoms with Crippen molar-refractivity contribution >= 4 is 17.2 Å². The van der Waals surface area contributed by atoms with E-state index in [9.17, 15) is 13.2 Å². The van der Waals surface area contributed by atoms with E-state index in [4.69, 9.17) is 11.6 Å². The summed E-state index contributed by atoms with van der Waals surface area (Å²) < 4.78 is 41.5. The van der Waals surface area contributed by atoms with Crippen molar-refractivity contribution < 1.29 is 13.2 Å². The molecule has 0 radical (unpaired) electrons. The molecule has 0 unspecified atom stereocenters. The normalized spacial score (nSPS) is 16.3. The van der Waals surface area contributed by atoms with Crippen LogP contribution >= 0.6 is 11.6 Å². The van der Waals surface area contributed by atoms with Crippen molar-refractivity contribution in [3.63, 3.8) is 0 Å². The lowest BCUT2D eigenvalue weighted by molar-refractivity contribution is -0.137. The highest BCUT2D eigenvalue weighted by Gasteiger charge is 2.31. The van der Waals surface area contributed by atoms with Gasteiger partial charge in [-0.1, -0.05) is 17.7 Å². The van der Waals surface area contributed by atoms with Gasteiger partial charge >= 0.3 is 6.18 Å². The molecule has 1 saturated heterocycles. The Balaban J connectivity index is 1.85. The van der Waals surface area contributed by atoms with E-state index in [1.807, 2.05) is 19.1 Å². The fraction of sp³-hybridized carbons (Fsp3) is 0.381. The van der Waals surface area contributed by atoms with Gasteiger partial charge in [0, 0.05) is 36.4 Å². The largest absolute Gasteiger partial charge is 0.417 e. The Kier molecular flexibility index (Phi) is 5.55. The van der Waals surface area contributed by atoms with Crippen molar-refractivity contribution in [1.29, 1.82) is 0 Å². The van der Waals surface area contributed by atoms with Crippen LogP contribution in [0.1, 0.15) is 23.2 Å². The molecule has 29 heavy (non-hydrogen) atoms. The maximum Gasteiger partial charge on any atom is 0.417 e. The second kappa shape index (κ2) is 7.97. The first kappa shape index (κ1) is 20.2. The number of aromatic nitrogens is 2. The van der Waals surface area contributed by atoms with Crippen molar-refractivity contribution in [3.05, 3.63) is 58.4 Å². The minimum atomic E-state index is -4.40. The molecule has 2 aromatic heterocycles. The molecule has 4 nitrogen and oxygen atoms in total. The average molecular weight is 423 g/mol. The fourth-order valence-corrected chi connectivity index (χ4v) is 3.82. The second-order valence-electron chi connectivity index (χ2n) is 7.39. The first-order valence-electron chi connectivity index (χ1n) is 9.61. The van der Waals surface area contributed by atoms with Gasteiger partial charge in [-0.3, -0.25) is 4.90 Å². The van der Waals surface area contributed by atoms with Crippen molar-refractivity contribution in [2.24, 2.45) is 0 Å². The van der Waals surface area contributed by atoms with E-state index in [1.54, 1.807) is 10.5 Å². The monoisotopic (exact) mass is 422 g/mol. The zero-order valence-electron chi connectivity index (χ0n) is 16.1. The molecule has 154 valence electrons. The minimum absolute atomic E-state index is 0.503. The van der Waals surface area contributed by atoms with Crippen LogP contribution in [0.4, 0.5) is 13.2 Å². The molecular weight excluding hydrogens is 401 g/mol. The van der Waals surface area contributed by atoms with Crippen molar-refractivity contribution in [1.82, 2.24) is 19.6 Å². The zero-order chi connectivity index (χ0) is 20.6. The number of nitrogens with zero attached hydrogens (tertiary/aromatic N) is 3. The standard InChI is InChI=1S/C21H22ClF3N4/c1-14-11-15(3-5-17(14)22)20-18(13-28-9-2-7-26-8-10-28)29-12-16(21(23,24)25)4-6-19(29)27-20/h3-6,11-12,26H,2,7-10,13H2,1H3. The maximum atomic E-state index is 13.3. The lowest BCUT2D eigenvalue weighted by Gasteiger charge is -2.20. The Morgan fingerprint density at radius 1 is 1.14 bits per heavy atom. The van der Waals surface area contributed by atoms with Gasteiger partial charge in [-0.2, -0.15) is 13.2 Å². The number of hydrogen-bond acceptors (Lipinski definition) is 3. The molecular formula is C21H22ClF3N4. The minimum Gasteiger partial charge on any atom is -0.315 e. The third-order valence-electron chi connectivity index (χ3n) is 5.28. The van der Waals surface area contributed by atoms with Crippen LogP contribution in [0.2, 0.25) is 5.02 Å². The lowest BCUT2D eigenvalue weighted by Crippen LogP contribution is -2.28. The van der Waals surface area contributed by atoms with Gasteiger partial charge in [0.2, 0.25) is 0 Å². The Morgan fingerprint density at radius 3 is 2.72 bits per heavy atom.